The van der Waals surface area contributed by atoms with E-state index in [2.05, 4.69) is 19.2 Å². The fraction of sp³-hybridized carbons (Fsp3) is 0.500. The second kappa shape index (κ2) is 6.02. The molecule has 0 radical (unpaired) electrons. The van der Waals surface area contributed by atoms with Crippen molar-refractivity contribution in [2.75, 3.05) is 5.32 Å². The number of anilines is 1. The van der Waals surface area contributed by atoms with Crippen LogP contribution in [0.5, 0.6) is 0 Å². The average molecular weight is 301 g/mol. The highest BCUT2D eigenvalue weighted by molar-refractivity contribution is 6.42. The topological polar surface area (TPSA) is 32.3 Å². The first kappa shape index (κ1) is 14.5. The lowest BCUT2D eigenvalue weighted by Crippen LogP contribution is -2.49. The van der Waals surface area contributed by atoms with E-state index < -0.39 is 0 Å². The molecule has 2 atom stereocenters. The summed E-state index contributed by atoms with van der Waals surface area (Å²) in [4.78, 5) is 14.2. The van der Waals surface area contributed by atoms with Gasteiger partial charge in [-0.2, -0.15) is 0 Å². The lowest BCUT2D eigenvalue weighted by molar-refractivity contribution is 0.133. The van der Waals surface area contributed by atoms with Crippen LogP contribution in [0.25, 0.3) is 0 Å². The fourth-order valence-corrected chi connectivity index (χ4v) is 2.88. The highest BCUT2D eigenvalue weighted by atomic mass is 35.5. The third kappa shape index (κ3) is 3.34. The molecule has 1 saturated heterocycles. The number of benzene rings is 1. The number of carbonyl (C=O) groups excluding carboxylic acids is 1. The van der Waals surface area contributed by atoms with Gasteiger partial charge >= 0.3 is 6.03 Å². The number of likely N-dealkylation sites (tertiary alicyclic amines) is 1. The summed E-state index contributed by atoms with van der Waals surface area (Å²) in [6.45, 7) is 4.17. The number of rotatable bonds is 1. The van der Waals surface area contributed by atoms with E-state index in [1.165, 1.54) is 6.42 Å². The largest absolute Gasteiger partial charge is 0.322 e. The Kier molecular flexibility index (Phi) is 4.58. The predicted octanol–water partition coefficient (Wildman–Crippen LogP) is 4.79. The van der Waals surface area contributed by atoms with Gasteiger partial charge in [-0.15, -0.1) is 0 Å². The molecular formula is C14H18Cl2N2O. The van der Waals surface area contributed by atoms with Crippen LogP contribution in [0.3, 0.4) is 0 Å². The molecule has 1 aliphatic rings. The first-order valence-electron chi connectivity index (χ1n) is 6.53. The smallest absolute Gasteiger partial charge is 0.319 e. The lowest BCUT2D eigenvalue weighted by atomic mass is 9.98. The van der Waals surface area contributed by atoms with Gasteiger partial charge in [0.25, 0.3) is 0 Å². The summed E-state index contributed by atoms with van der Waals surface area (Å²) in [5, 5.41) is 3.81. The normalized spacial score (nSPS) is 23.3. The SMILES string of the molecule is C[C@H]1CCC[C@H](C)N1C(=O)Nc1ccc(Cl)c(Cl)c1. The number of carbonyl (C=O) groups is 1. The molecule has 0 aliphatic carbocycles. The van der Waals surface area contributed by atoms with Crippen molar-refractivity contribution in [3.63, 3.8) is 0 Å². The van der Waals surface area contributed by atoms with E-state index in [0.29, 0.717) is 15.7 Å². The molecule has 1 fully saturated rings. The maximum atomic E-state index is 12.3. The molecule has 0 unspecified atom stereocenters. The van der Waals surface area contributed by atoms with Gasteiger partial charge in [-0.05, 0) is 51.3 Å². The Morgan fingerprint density at radius 1 is 1.21 bits per heavy atom. The van der Waals surface area contributed by atoms with Crippen LogP contribution in [0.4, 0.5) is 10.5 Å². The number of nitrogens with zero attached hydrogens (tertiary/aromatic N) is 1. The molecule has 104 valence electrons. The summed E-state index contributed by atoms with van der Waals surface area (Å²) in [5.74, 6) is 0. The number of amides is 2. The van der Waals surface area contributed by atoms with Crippen LogP contribution < -0.4 is 5.32 Å². The minimum absolute atomic E-state index is 0.0712. The summed E-state index contributed by atoms with van der Waals surface area (Å²) in [6, 6.07) is 5.57. The van der Waals surface area contributed by atoms with Gasteiger partial charge in [0.15, 0.2) is 0 Å². The maximum absolute atomic E-state index is 12.3. The molecule has 0 spiro atoms. The first-order valence-corrected chi connectivity index (χ1v) is 7.29. The molecule has 2 amide bonds. The zero-order valence-electron chi connectivity index (χ0n) is 11.1. The second-order valence-corrected chi connectivity index (χ2v) is 5.91. The van der Waals surface area contributed by atoms with E-state index in [0.717, 1.165) is 12.8 Å². The van der Waals surface area contributed by atoms with E-state index in [1.54, 1.807) is 18.2 Å². The van der Waals surface area contributed by atoms with Crippen molar-refractivity contribution in [3.05, 3.63) is 28.2 Å². The third-order valence-electron chi connectivity index (χ3n) is 3.60. The van der Waals surface area contributed by atoms with E-state index in [9.17, 15) is 4.79 Å². The summed E-state index contributed by atoms with van der Waals surface area (Å²) in [7, 11) is 0. The van der Waals surface area contributed by atoms with Crippen molar-refractivity contribution >= 4 is 34.9 Å². The molecule has 1 heterocycles. The predicted molar refractivity (Wildman–Crippen MR) is 80.1 cm³/mol. The van der Waals surface area contributed by atoms with Gasteiger partial charge < -0.3 is 10.2 Å². The number of halogens is 2. The molecule has 0 saturated carbocycles. The van der Waals surface area contributed by atoms with Crippen molar-refractivity contribution in [3.8, 4) is 0 Å². The lowest BCUT2D eigenvalue weighted by Gasteiger charge is -2.38. The van der Waals surface area contributed by atoms with Crippen LogP contribution >= 0.6 is 23.2 Å². The zero-order valence-corrected chi connectivity index (χ0v) is 12.6. The molecule has 19 heavy (non-hydrogen) atoms. The Labute approximate surface area is 123 Å². The van der Waals surface area contributed by atoms with Gasteiger partial charge in [0, 0.05) is 17.8 Å². The standard InChI is InChI=1S/C14H18Cl2N2O/c1-9-4-3-5-10(2)18(9)14(19)17-11-6-7-12(15)13(16)8-11/h6-10H,3-5H2,1-2H3,(H,17,19)/t9-,10-/m0/s1. The fourth-order valence-electron chi connectivity index (χ4n) is 2.58. The van der Waals surface area contributed by atoms with Crippen LogP contribution in [-0.4, -0.2) is 23.0 Å². The molecule has 1 N–H and O–H groups in total. The van der Waals surface area contributed by atoms with Crippen LogP contribution in [-0.2, 0) is 0 Å². The highest BCUT2D eigenvalue weighted by Crippen LogP contribution is 2.27. The minimum Gasteiger partial charge on any atom is -0.319 e. The number of piperidine rings is 1. The summed E-state index contributed by atoms with van der Waals surface area (Å²) in [6.07, 6.45) is 3.29. The maximum Gasteiger partial charge on any atom is 0.322 e. The van der Waals surface area contributed by atoms with E-state index in [-0.39, 0.29) is 18.1 Å². The van der Waals surface area contributed by atoms with E-state index >= 15 is 0 Å². The van der Waals surface area contributed by atoms with Crippen molar-refractivity contribution in [1.29, 1.82) is 0 Å². The Balaban J connectivity index is 2.09. The first-order chi connectivity index (χ1) is 8.99. The molecule has 0 aromatic heterocycles. The molecular weight excluding hydrogens is 283 g/mol. The average Bonchev–Trinajstić information content (AvgIpc) is 2.33. The Bertz CT molecular complexity index is 469. The van der Waals surface area contributed by atoms with Gasteiger partial charge in [-0.3, -0.25) is 0 Å². The van der Waals surface area contributed by atoms with Crippen molar-refractivity contribution in [2.45, 2.75) is 45.2 Å². The van der Waals surface area contributed by atoms with Gasteiger partial charge in [0.05, 0.1) is 10.0 Å². The zero-order chi connectivity index (χ0) is 14.0. The number of urea groups is 1. The van der Waals surface area contributed by atoms with Crippen LogP contribution in [0.15, 0.2) is 18.2 Å². The number of hydrogen-bond donors (Lipinski definition) is 1. The van der Waals surface area contributed by atoms with E-state index in [1.807, 2.05) is 4.90 Å². The summed E-state index contributed by atoms with van der Waals surface area (Å²) in [5.41, 5.74) is 0.671. The van der Waals surface area contributed by atoms with E-state index in [4.69, 9.17) is 23.2 Å². The van der Waals surface area contributed by atoms with Crippen LogP contribution in [0, 0.1) is 0 Å². The minimum atomic E-state index is -0.0712. The Morgan fingerprint density at radius 3 is 2.42 bits per heavy atom. The Morgan fingerprint density at radius 2 is 1.84 bits per heavy atom. The quantitative estimate of drug-likeness (QED) is 0.794. The molecule has 1 aliphatic heterocycles. The van der Waals surface area contributed by atoms with Crippen molar-refractivity contribution < 1.29 is 4.79 Å². The molecule has 1 aromatic rings. The van der Waals surface area contributed by atoms with Crippen molar-refractivity contribution in [1.82, 2.24) is 4.90 Å². The third-order valence-corrected chi connectivity index (χ3v) is 4.34. The molecule has 1 aromatic carbocycles. The van der Waals surface area contributed by atoms with Gasteiger partial charge in [0.1, 0.15) is 0 Å². The number of hydrogen-bond acceptors (Lipinski definition) is 1. The van der Waals surface area contributed by atoms with Crippen molar-refractivity contribution in [2.24, 2.45) is 0 Å². The molecule has 0 bridgehead atoms. The summed E-state index contributed by atoms with van der Waals surface area (Å²) >= 11 is 11.8. The molecule has 3 nitrogen and oxygen atoms in total. The number of nitrogens with one attached hydrogen (secondary N) is 1. The highest BCUT2D eigenvalue weighted by Gasteiger charge is 2.28. The van der Waals surface area contributed by atoms with Crippen LogP contribution in [0.1, 0.15) is 33.1 Å². The van der Waals surface area contributed by atoms with Crippen LogP contribution in [0.2, 0.25) is 10.0 Å². The molecule has 5 heteroatoms. The second-order valence-electron chi connectivity index (χ2n) is 5.10. The van der Waals surface area contributed by atoms with Gasteiger partial charge in [-0.25, -0.2) is 4.79 Å². The van der Waals surface area contributed by atoms with Gasteiger partial charge in [0.2, 0.25) is 0 Å². The summed E-state index contributed by atoms with van der Waals surface area (Å²) < 4.78 is 0. The Hall–Kier alpha value is -0.930. The van der Waals surface area contributed by atoms with Gasteiger partial charge in [-0.1, -0.05) is 23.2 Å². The molecule has 2 rings (SSSR count). The monoisotopic (exact) mass is 300 g/mol.